The Morgan fingerprint density at radius 3 is 2.68 bits per heavy atom. The quantitative estimate of drug-likeness (QED) is 0.655. The minimum Gasteiger partial charge on any atom is -0.457 e. The van der Waals surface area contributed by atoms with Crippen molar-refractivity contribution in [3.05, 3.63) is 51.7 Å². The molecular formula is C20H15Cl2N5O3S. The molecule has 1 N–H and O–H groups in total. The van der Waals surface area contributed by atoms with Gasteiger partial charge in [0, 0.05) is 18.7 Å². The van der Waals surface area contributed by atoms with Gasteiger partial charge in [-0.2, -0.15) is 10.0 Å². The summed E-state index contributed by atoms with van der Waals surface area (Å²) < 4.78 is 11.2. The Labute approximate surface area is 191 Å². The second-order valence-corrected chi connectivity index (χ2v) is 8.58. The number of hydrogen-bond acceptors (Lipinski definition) is 7. The lowest BCUT2D eigenvalue weighted by Crippen LogP contribution is -2.39. The third kappa shape index (κ3) is 3.89. The van der Waals surface area contributed by atoms with Crippen molar-refractivity contribution < 1.29 is 13.9 Å². The van der Waals surface area contributed by atoms with Gasteiger partial charge in [0.1, 0.15) is 11.5 Å². The highest BCUT2D eigenvalue weighted by atomic mass is 35.5. The lowest BCUT2D eigenvalue weighted by Gasteiger charge is -2.26. The van der Waals surface area contributed by atoms with Crippen LogP contribution in [0.1, 0.15) is 5.76 Å². The number of halogens is 2. The van der Waals surface area contributed by atoms with Crippen LogP contribution in [0.15, 0.2) is 50.4 Å². The second-order valence-electron chi connectivity index (χ2n) is 6.83. The van der Waals surface area contributed by atoms with E-state index < -0.39 is 5.91 Å². The number of thioether (sulfide) groups is 1. The highest BCUT2D eigenvalue weighted by molar-refractivity contribution is 8.26. The third-order valence-corrected chi connectivity index (χ3v) is 6.55. The van der Waals surface area contributed by atoms with Crippen LogP contribution in [0.4, 0.5) is 0 Å². The Morgan fingerprint density at radius 2 is 1.90 bits per heavy atom. The number of nitrogens with one attached hydrogen (secondary N) is 1. The number of benzene rings is 1. The first-order valence-corrected chi connectivity index (χ1v) is 10.9. The lowest BCUT2D eigenvalue weighted by molar-refractivity contribution is -0.114. The number of ether oxygens (including phenoxy) is 1. The molecule has 11 heteroatoms. The molecule has 3 aliphatic heterocycles. The van der Waals surface area contributed by atoms with E-state index in [1.54, 1.807) is 30.3 Å². The molecule has 3 aliphatic rings. The fourth-order valence-corrected chi connectivity index (χ4v) is 4.48. The minimum atomic E-state index is -0.505. The summed E-state index contributed by atoms with van der Waals surface area (Å²) >= 11 is 13.3. The van der Waals surface area contributed by atoms with Crippen LogP contribution >= 0.6 is 35.0 Å². The maximum atomic E-state index is 12.6. The van der Waals surface area contributed by atoms with Crippen molar-refractivity contribution in [1.82, 2.24) is 9.91 Å². The Balaban J connectivity index is 1.40. The van der Waals surface area contributed by atoms with Gasteiger partial charge in [0.05, 0.1) is 28.8 Å². The van der Waals surface area contributed by atoms with Crippen LogP contribution in [-0.2, 0) is 9.53 Å². The van der Waals surface area contributed by atoms with Gasteiger partial charge in [-0.05, 0) is 48.2 Å². The van der Waals surface area contributed by atoms with Gasteiger partial charge in [-0.1, -0.05) is 23.2 Å². The van der Waals surface area contributed by atoms with Gasteiger partial charge in [-0.3, -0.25) is 10.2 Å². The van der Waals surface area contributed by atoms with Crippen molar-refractivity contribution in [2.45, 2.75) is 0 Å². The van der Waals surface area contributed by atoms with Crippen molar-refractivity contribution >= 4 is 63.1 Å². The third-order valence-electron chi connectivity index (χ3n) is 4.84. The first-order chi connectivity index (χ1) is 15.0. The molecule has 4 heterocycles. The Kier molecular flexibility index (Phi) is 5.35. The van der Waals surface area contributed by atoms with Crippen LogP contribution < -0.4 is 0 Å². The van der Waals surface area contributed by atoms with Gasteiger partial charge < -0.3 is 14.1 Å². The van der Waals surface area contributed by atoms with E-state index in [4.69, 9.17) is 37.8 Å². The fourth-order valence-electron chi connectivity index (χ4n) is 3.24. The van der Waals surface area contributed by atoms with Crippen LogP contribution in [0, 0.1) is 5.41 Å². The van der Waals surface area contributed by atoms with E-state index >= 15 is 0 Å². The number of nitrogens with zero attached hydrogens (tertiary/aromatic N) is 4. The molecule has 1 aromatic heterocycles. The van der Waals surface area contributed by atoms with E-state index in [1.165, 1.54) is 22.8 Å². The van der Waals surface area contributed by atoms with Gasteiger partial charge in [0.2, 0.25) is 5.17 Å². The molecule has 0 atom stereocenters. The summed E-state index contributed by atoms with van der Waals surface area (Å²) in [6.45, 7) is 2.65. The standard InChI is InChI=1S/C20H15Cl2N5O3S/c21-14-3-1-11(9-15(14)22)16-4-2-12(30-16)10-13-17(23)27-19(24-18(13)28)31-20(25-27)26-5-7-29-8-6-26/h1-4,9-10,23H,5-8H2/b13-10-,23-17?. The summed E-state index contributed by atoms with van der Waals surface area (Å²) in [5, 5.41) is 16.3. The van der Waals surface area contributed by atoms with E-state index in [-0.39, 0.29) is 11.4 Å². The molecule has 0 bridgehead atoms. The second kappa shape index (κ2) is 8.16. The SMILES string of the molecule is N=C1/C(=C/c2ccc(-c3ccc(Cl)c(Cl)c3)o2)C(=O)N=C2SC(N3CCOCC3)=NN12. The smallest absolute Gasteiger partial charge is 0.283 e. The van der Waals surface area contributed by atoms with Crippen molar-refractivity contribution in [1.29, 1.82) is 5.41 Å². The van der Waals surface area contributed by atoms with Crippen LogP contribution in [0.2, 0.25) is 10.0 Å². The molecular weight excluding hydrogens is 461 g/mol. The molecule has 31 heavy (non-hydrogen) atoms. The predicted octanol–water partition coefficient (Wildman–Crippen LogP) is 4.16. The summed E-state index contributed by atoms with van der Waals surface area (Å²) in [5.41, 5.74) is 0.853. The summed E-state index contributed by atoms with van der Waals surface area (Å²) in [5.74, 6) is 0.429. The number of hydrazone groups is 1. The van der Waals surface area contributed by atoms with Crippen molar-refractivity contribution in [3.8, 4) is 11.3 Å². The van der Waals surface area contributed by atoms with Gasteiger partial charge >= 0.3 is 0 Å². The first kappa shape index (κ1) is 20.3. The molecule has 158 valence electrons. The molecule has 0 radical (unpaired) electrons. The Morgan fingerprint density at radius 1 is 1.10 bits per heavy atom. The summed E-state index contributed by atoms with van der Waals surface area (Å²) in [4.78, 5) is 18.8. The van der Waals surface area contributed by atoms with E-state index in [9.17, 15) is 4.79 Å². The number of morpholine rings is 1. The van der Waals surface area contributed by atoms with Crippen LogP contribution in [0.3, 0.4) is 0 Å². The van der Waals surface area contributed by atoms with Gasteiger partial charge in [0.15, 0.2) is 11.0 Å². The van der Waals surface area contributed by atoms with Crippen LogP contribution in [-0.4, -0.2) is 58.3 Å². The molecule has 1 fully saturated rings. The van der Waals surface area contributed by atoms with E-state index in [2.05, 4.69) is 15.0 Å². The molecule has 0 unspecified atom stereocenters. The molecule has 8 nitrogen and oxygen atoms in total. The van der Waals surface area contributed by atoms with Crippen molar-refractivity contribution in [2.24, 2.45) is 10.1 Å². The zero-order valence-electron chi connectivity index (χ0n) is 16.0. The summed E-state index contributed by atoms with van der Waals surface area (Å²) in [7, 11) is 0. The fraction of sp³-hybridized carbons (Fsp3) is 0.200. The number of amidine groups is 3. The zero-order valence-corrected chi connectivity index (χ0v) is 18.3. The van der Waals surface area contributed by atoms with E-state index in [0.717, 1.165) is 5.56 Å². The number of furan rings is 1. The van der Waals surface area contributed by atoms with Crippen LogP contribution in [0.5, 0.6) is 0 Å². The molecule has 0 aliphatic carbocycles. The Bertz CT molecular complexity index is 1180. The topological polar surface area (TPSA) is 94.5 Å². The van der Waals surface area contributed by atoms with Gasteiger partial charge in [-0.25, -0.2) is 0 Å². The zero-order chi connectivity index (χ0) is 21.5. The number of hydrogen-bond donors (Lipinski definition) is 1. The highest BCUT2D eigenvalue weighted by Gasteiger charge is 2.37. The number of aliphatic imine (C=N–C) groups is 1. The average Bonchev–Trinajstić information content (AvgIpc) is 3.41. The molecule has 0 saturated carbocycles. The maximum absolute atomic E-state index is 12.6. The number of carbonyl (C=O) groups excluding carboxylic acids is 1. The average molecular weight is 476 g/mol. The molecule has 2 aromatic rings. The Hall–Kier alpha value is -2.59. The normalized spacial score (nSPS) is 20.3. The lowest BCUT2D eigenvalue weighted by atomic mass is 10.1. The number of amides is 1. The van der Waals surface area contributed by atoms with Gasteiger partial charge in [0.25, 0.3) is 5.91 Å². The predicted molar refractivity (Wildman–Crippen MR) is 122 cm³/mol. The molecule has 0 spiro atoms. The number of rotatable bonds is 2. The van der Waals surface area contributed by atoms with Crippen molar-refractivity contribution in [3.63, 3.8) is 0 Å². The highest BCUT2D eigenvalue weighted by Crippen LogP contribution is 2.32. The van der Waals surface area contributed by atoms with Crippen molar-refractivity contribution in [2.75, 3.05) is 26.3 Å². The first-order valence-electron chi connectivity index (χ1n) is 9.38. The summed E-state index contributed by atoms with van der Waals surface area (Å²) in [6, 6.07) is 8.65. The van der Waals surface area contributed by atoms with Gasteiger partial charge in [-0.15, -0.1) is 5.10 Å². The maximum Gasteiger partial charge on any atom is 0.283 e. The summed E-state index contributed by atoms with van der Waals surface area (Å²) in [6.07, 6.45) is 1.50. The van der Waals surface area contributed by atoms with E-state index in [0.29, 0.717) is 58.2 Å². The number of carbonyl (C=O) groups is 1. The molecule has 1 saturated heterocycles. The monoisotopic (exact) mass is 475 g/mol. The van der Waals surface area contributed by atoms with E-state index in [1.807, 2.05) is 0 Å². The molecule has 5 rings (SSSR count). The van der Waals surface area contributed by atoms with Crippen LogP contribution in [0.25, 0.3) is 17.4 Å². The largest absolute Gasteiger partial charge is 0.457 e. The molecule has 1 aromatic carbocycles. The number of fused-ring (bicyclic) bond motifs is 1. The minimum absolute atomic E-state index is 0.0433. The molecule has 1 amide bonds.